The van der Waals surface area contributed by atoms with Crippen molar-refractivity contribution in [2.75, 3.05) is 0 Å². The summed E-state index contributed by atoms with van der Waals surface area (Å²) in [5.41, 5.74) is 5.78. The Morgan fingerprint density at radius 1 is 0.762 bits per heavy atom. The summed E-state index contributed by atoms with van der Waals surface area (Å²) in [7, 11) is 0. The first-order valence-electron chi connectivity index (χ1n) is 7.09. The molecule has 3 aromatic rings. The Labute approximate surface area is 125 Å². The fraction of sp³-hybridized carbons (Fsp3) is 0.0500. The van der Waals surface area contributed by atoms with Crippen LogP contribution in [0.15, 0.2) is 72.9 Å². The molecule has 1 heterocycles. The Hall–Kier alpha value is -2.67. The highest BCUT2D eigenvalue weighted by atomic mass is 14.7. The number of hydrogen-bond acceptors (Lipinski definition) is 1. The summed E-state index contributed by atoms with van der Waals surface area (Å²) in [4.78, 5) is 4.57. The molecule has 1 heteroatoms. The molecule has 0 spiro atoms. The van der Waals surface area contributed by atoms with E-state index in [1.807, 2.05) is 42.6 Å². The third-order valence-corrected chi connectivity index (χ3v) is 3.50. The van der Waals surface area contributed by atoms with E-state index >= 15 is 0 Å². The molecule has 0 aliphatic heterocycles. The van der Waals surface area contributed by atoms with Crippen molar-refractivity contribution >= 4 is 12.2 Å². The predicted octanol–water partition coefficient (Wildman–Crippen LogP) is 5.23. The van der Waals surface area contributed by atoms with Gasteiger partial charge in [0, 0.05) is 17.3 Å². The van der Waals surface area contributed by atoms with Crippen LogP contribution in [0, 0.1) is 6.92 Å². The van der Waals surface area contributed by atoms with Gasteiger partial charge in [-0.15, -0.1) is 0 Å². The zero-order chi connectivity index (χ0) is 14.5. The minimum atomic E-state index is 1.03. The van der Waals surface area contributed by atoms with Crippen molar-refractivity contribution in [1.29, 1.82) is 0 Å². The first kappa shape index (κ1) is 13.3. The van der Waals surface area contributed by atoms with E-state index < -0.39 is 0 Å². The van der Waals surface area contributed by atoms with Crippen LogP contribution in [-0.4, -0.2) is 4.98 Å². The summed E-state index contributed by atoms with van der Waals surface area (Å²) in [6, 6.07) is 22.7. The maximum Gasteiger partial charge on any atom is 0.0776 e. The zero-order valence-corrected chi connectivity index (χ0v) is 12.0. The van der Waals surface area contributed by atoms with Crippen LogP contribution in [0.3, 0.4) is 0 Å². The van der Waals surface area contributed by atoms with E-state index in [1.165, 1.54) is 16.7 Å². The van der Waals surface area contributed by atoms with Crippen molar-refractivity contribution < 1.29 is 0 Å². The van der Waals surface area contributed by atoms with Gasteiger partial charge in [0.15, 0.2) is 0 Å². The average Bonchev–Trinajstić information content (AvgIpc) is 2.55. The largest absolute Gasteiger partial charge is 0.256 e. The lowest BCUT2D eigenvalue weighted by atomic mass is 10.0. The molecule has 0 radical (unpaired) electrons. The molecule has 0 amide bonds. The van der Waals surface area contributed by atoms with E-state index in [4.69, 9.17) is 0 Å². The fourth-order valence-electron chi connectivity index (χ4n) is 2.35. The van der Waals surface area contributed by atoms with Gasteiger partial charge in [-0.2, -0.15) is 0 Å². The highest BCUT2D eigenvalue weighted by molar-refractivity contribution is 5.80. The number of benzene rings is 2. The fourth-order valence-corrected chi connectivity index (χ4v) is 2.35. The molecule has 0 saturated heterocycles. The van der Waals surface area contributed by atoms with Crippen LogP contribution in [0.25, 0.3) is 23.4 Å². The van der Waals surface area contributed by atoms with Crippen LogP contribution in [0.5, 0.6) is 0 Å². The Balaban J connectivity index is 2.04. The average molecular weight is 271 g/mol. The maximum absolute atomic E-state index is 4.57. The Morgan fingerprint density at radius 3 is 2.14 bits per heavy atom. The molecule has 0 N–H and O–H groups in total. The van der Waals surface area contributed by atoms with Crippen LogP contribution in [0.1, 0.15) is 16.7 Å². The number of hydrogen-bond donors (Lipinski definition) is 0. The quantitative estimate of drug-likeness (QED) is 0.636. The van der Waals surface area contributed by atoms with Gasteiger partial charge in [-0.05, 0) is 24.1 Å². The molecule has 0 saturated carbocycles. The second-order valence-corrected chi connectivity index (χ2v) is 5.00. The summed E-state index contributed by atoms with van der Waals surface area (Å²) < 4.78 is 0. The lowest BCUT2D eigenvalue weighted by Crippen LogP contribution is -1.91. The molecule has 2 aromatic carbocycles. The van der Waals surface area contributed by atoms with E-state index in [1.54, 1.807) is 0 Å². The monoisotopic (exact) mass is 271 g/mol. The first-order chi connectivity index (χ1) is 10.3. The van der Waals surface area contributed by atoms with Gasteiger partial charge in [-0.25, -0.2) is 0 Å². The summed E-state index contributed by atoms with van der Waals surface area (Å²) in [5.74, 6) is 0. The van der Waals surface area contributed by atoms with Crippen LogP contribution in [0.2, 0.25) is 0 Å². The van der Waals surface area contributed by atoms with Crippen LogP contribution < -0.4 is 0 Å². The first-order valence-corrected chi connectivity index (χ1v) is 7.09. The molecule has 21 heavy (non-hydrogen) atoms. The zero-order valence-electron chi connectivity index (χ0n) is 12.0. The number of pyridine rings is 1. The molecule has 0 bridgehead atoms. The van der Waals surface area contributed by atoms with Gasteiger partial charge in [0.05, 0.1) is 5.69 Å². The van der Waals surface area contributed by atoms with Gasteiger partial charge in [-0.3, -0.25) is 4.98 Å². The van der Waals surface area contributed by atoms with Gasteiger partial charge in [0.25, 0.3) is 0 Å². The molecule has 102 valence electrons. The van der Waals surface area contributed by atoms with Gasteiger partial charge in [0.2, 0.25) is 0 Å². The summed E-state index contributed by atoms with van der Waals surface area (Å²) in [6.07, 6.45) is 6.16. The van der Waals surface area contributed by atoms with Crippen molar-refractivity contribution in [2.45, 2.75) is 6.92 Å². The lowest BCUT2D eigenvalue weighted by molar-refractivity contribution is 1.27. The normalized spacial score (nSPS) is 10.9. The van der Waals surface area contributed by atoms with Gasteiger partial charge >= 0.3 is 0 Å². The van der Waals surface area contributed by atoms with Crippen LogP contribution >= 0.6 is 0 Å². The Kier molecular flexibility index (Phi) is 3.92. The van der Waals surface area contributed by atoms with Crippen molar-refractivity contribution in [3.63, 3.8) is 0 Å². The third-order valence-electron chi connectivity index (χ3n) is 3.50. The molecular formula is C20H17N. The minimum Gasteiger partial charge on any atom is -0.256 e. The van der Waals surface area contributed by atoms with Gasteiger partial charge < -0.3 is 0 Å². The van der Waals surface area contributed by atoms with E-state index in [2.05, 4.69) is 54.4 Å². The van der Waals surface area contributed by atoms with E-state index in [9.17, 15) is 0 Å². The van der Waals surface area contributed by atoms with Crippen molar-refractivity contribution in [3.8, 4) is 11.3 Å². The highest BCUT2D eigenvalue weighted by Gasteiger charge is 2.06. The van der Waals surface area contributed by atoms with E-state index in [-0.39, 0.29) is 0 Å². The van der Waals surface area contributed by atoms with Crippen molar-refractivity contribution in [3.05, 3.63) is 89.6 Å². The second kappa shape index (κ2) is 6.19. The molecule has 0 fully saturated rings. The summed E-state index contributed by atoms with van der Waals surface area (Å²) in [6.45, 7) is 2.12. The maximum atomic E-state index is 4.57. The Morgan fingerprint density at radius 2 is 1.43 bits per heavy atom. The topological polar surface area (TPSA) is 12.9 Å². The molecule has 1 aromatic heterocycles. The summed E-state index contributed by atoms with van der Waals surface area (Å²) in [5, 5.41) is 0. The molecular weight excluding hydrogens is 254 g/mol. The SMILES string of the molecule is Cc1ccnc(-c2ccccc2)c1C=Cc1ccccc1. The minimum absolute atomic E-state index is 1.03. The summed E-state index contributed by atoms with van der Waals surface area (Å²) >= 11 is 0. The predicted molar refractivity (Wildman–Crippen MR) is 89.8 cm³/mol. The van der Waals surface area contributed by atoms with Crippen LogP contribution in [0.4, 0.5) is 0 Å². The standard InChI is InChI=1S/C20H17N/c1-16-14-15-21-20(18-10-6-3-7-11-18)19(16)13-12-17-8-4-2-5-9-17/h2-15H,1H3. The highest BCUT2D eigenvalue weighted by Crippen LogP contribution is 2.25. The second-order valence-electron chi connectivity index (χ2n) is 5.00. The third kappa shape index (κ3) is 3.09. The number of rotatable bonds is 3. The lowest BCUT2D eigenvalue weighted by Gasteiger charge is -2.08. The smallest absolute Gasteiger partial charge is 0.0776 e. The number of nitrogens with zero attached hydrogens (tertiary/aromatic N) is 1. The van der Waals surface area contributed by atoms with Gasteiger partial charge in [0.1, 0.15) is 0 Å². The number of aromatic nitrogens is 1. The molecule has 3 rings (SSSR count). The molecule has 0 aliphatic rings. The molecule has 0 aliphatic carbocycles. The molecule has 1 nitrogen and oxygen atoms in total. The van der Waals surface area contributed by atoms with E-state index in [0.717, 1.165) is 11.3 Å². The van der Waals surface area contributed by atoms with Gasteiger partial charge in [-0.1, -0.05) is 72.8 Å². The van der Waals surface area contributed by atoms with E-state index in [0.29, 0.717) is 0 Å². The Bertz CT molecular complexity index is 743. The molecule has 0 atom stereocenters. The van der Waals surface area contributed by atoms with Crippen molar-refractivity contribution in [2.24, 2.45) is 0 Å². The number of aryl methyl sites for hydroxylation is 1. The molecule has 0 unspecified atom stereocenters. The van der Waals surface area contributed by atoms with Crippen molar-refractivity contribution in [1.82, 2.24) is 4.98 Å². The van der Waals surface area contributed by atoms with Crippen LogP contribution in [-0.2, 0) is 0 Å².